The third-order valence-electron chi connectivity index (χ3n) is 8.12. The van der Waals surface area contributed by atoms with Crippen LogP contribution >= 0.6 is 0 Å². The maximum absolute atomic E-state index is 13.9. The summed E-state index contributed by atoms with van der Waals surface area (Å²) in [7, 11) is 0. The number of nitrogens with one attached hydrogen (secondary N) is 3. The van der Waals surface area contributed by atoms with E-state index in [2.05, 4.69) is 20.9 Å². The highest BCUT2D eigenvalue weighted by Gasteiger charge is 2.33. The van der Waals surface area contributed by atoms with Crippen molar-refractivity contribution >= 4 is 40.2 Å². The van der Waals surface area contributed by atoms with Crippen LogP contribution in [0, 0.1) is 0 Å². The topological polar surface area (TPSA) is 208 Å². The summed E-state index contributed by atoms with van der Waals surface area (Å²) in [6.07, 6.45) is -3.95. The molecule has 0 spiro atoms. The molecule has 0 bridgehead atoms. The predicted molar refractivity (Wildman–Crippen MR) is 193 cm³/mol. The molecular weight excluding hydrogens is 693 g/mol. The van der Waals surface area contributed by atoms with Gasteiger partial charge in [0.15, 0.2) is 0 Å². The monoisotopic (exact) mass is 736 g/mol. The van der Waals surface area contributed by atoms with Gasteiger partial charge in [0.1, 0.15) is 18.1 Å². The number of rotatable bonds is 18. The van der Waals surface area contributed by atoms with Crippen LogP contribution in [0.1, 0.15) is 23.1 Å². The van der Waals surface area contributed by atoms with Crippen molar-refractivity contribution in [1.82, 2.24) is 20.5 Å². The summed E-state index contributed by atoms with van der Waals surface area (Å²) < 4.78 is 45.4. The maximum Gasteiger partial charge on any atom is 0.416 e. The molecule has 13 nitrogen and oxygen atoms in total. The number of para-hydroxylation sites is 1. The number of carbonyl (C=O) groups excluding carboxylic acids is 4. The standard InChI is InChI=1S/C37H43F3N8O5/c38-37(39,40)27-12-10-24(11-13-27)18-31(35(51)45-28-19-26-8-4-5-9-30(26)44-21-28)47-36(52)32(20-33(49)48(16-14-41)17-15-42)46-34(50)29(43)23-53-22-25-6-2-1-3-7-25/h1-13,19,21,29,31-32H,14-18,20,22-23,41-43H2,(H,45,51)(H,46,50)(H,47,52). The van der Waals surface area contributed by atoms with E-state index in [1.54, 1.807) is 30.3 Å². The summed E-state index contributed by atoms with van der Waals surface area (Å²) in [6.45, 7) is 0.433. The first kappa shape index (κ1) is 40.4. The quantitative estimate of drug-likeness (QED) is 0.0883. The fourth-order valence-electron chi connectivity index (χ4n) is 5.33. The minimum Gasteiger partial charge on any atom is -0.375 e. The lowest BCUT2D eigenvalue weighted by Gasteiger charge is -2.27. The second kappa shape index (κ2) is 19.4. The number of aromatic nitrogens is 1. The summed E-state index contributed by atoms with van der Waals surface area (Å²) in [6, 6.07) is 18.0. The van der Waals surface area contributed by atoms with Crippen molar-refractivity contribution in [3.63, 3.8) is 0 Å². The van der Waals surface area contributed by atoms with E-state index in [4.69, 9.17) is 21.9 Å². The van der Waals surface area contributed by atoms with E-state index >= 15 is 0 Å². The lowest BCUT2D eigenvalue weighted by atomic mass is 10.0. The van der Waals surface area contributed by atoms with E-state index in [-0.39, 0.29) is 45.8 Å². The number of hydrogen-bond acceptors (Lipinski definition) is 9. The van der Waals surface area contributed by atoms with Crippen LogP contribution in [0.15, 0.2) is 91.1 Å². The molecule has 1 aromatic heterocycles. The van der Waals surface area contributed by atoms with Crippen LogP contribution in [0.5, 0.6) is 0 Å². The van der Waals surface area contributed by atoms with Crippen LogP contribution < -0.4 is 33.2 Å². The number of nitrogens with two attached hydrogens (primary N) is 3. The molecule has 0 saturated carbocycles. The van der Waals surface area contributed by atoms with Gasteiger partial charge in [0.25, 0.3) is 0 Å². The lowest BCUT2D eigenvalue weighted by Crippen LogP contribution is -2.57. The third kappa shape index (κ3) is 12.3. The Kier molecular flexibility index (Phi) is 14.8. The van der Waals surface area contributed by atoms with Crippen molar-refractivity contribution in [2.75, 3.05) is 38.1 Å². The van der Waals surface area contributed by atoms with Crippen LogP contribution in [0.3, 0.4) is 0 Å². The molecule has 0 fully saturated rings. The number of ether oxygens (including phenoxy) is 1. The fraction of sp³-hybridized carbons (Fsp3) is 0.324. The Bertz CT molecular complexity index is 1820. The van der Waals surface area contributed by atoms with Gasteiger partial charge in [0.2, 0.25) is 23.6 Å². The Morgan fingerprint density at radius 2 is 1.43 bits per heavy atom. The second-order valence-corrected chi connectivity index (χ2v) is 12.2. The first-order valence-electron chi connectivity index (χ1n) is 16.9. The van der Waals surface area contributed by atoms with Gasteiger partial charge in [0.05, 0.1) is 42.6 Å². The summed E-state index contributed by atoms with van der Waals surface area (Å²) in [4.78, 5) is 59.9. The number of carbonyl (C=O) groups is 4. The molecule has 16 heteroatoms. The zero-order valence-corrected chi connectivity index (χ0v) is 28.9. The zero-order valence-electron chi connectivity index (χ0n) is 28.9. The number of halogens is 3. The fourth-order valence-corrected chi connectivity index (χ4v) is 5.33. The molecule has 3 aromatic carbocycles. The highest BCUT2D eigenvalue weighted by atomic mass is 19.4. The lowest BCUT2D eigenvalue weighted by molar-refractivity contribution is -0.138. The smallest absolute Gasteiger partial charge is 0.375 e. The average molecular weight is 737 g/mol. The number of benzene rings is 3. The van der Waals surface area contributed by atoms with Gasteiger partial charge in [0, 0.05) is 38.0 Å². The molecule has 0 radical (unpaired) electrons. The molecular formula is C37H43F3N8O5. The van der Waals surface area contributed by atoms with E-state index in [9.17, 15) is 32.3 Å². The van der Waals surface area contributed by atoms with Crippen LogP contribution in [-0.4, -0.2) is 84.4 Å². The molecule has 3 atom stereocenters. The molecule has 3 unspecified atom stereocenters. The molecule has 0 aliphatic heterocycles. The number of nitrogens with zero attached hydrogens (tertiary/aromatic N) is 2. The Labute approximate surface area is 304 Å². The molecule has 0 saturated heterocycles. The van der Waals surface area contributed by atoms with Gasteiger partial charge in [-0.25, -0.2) is 0 Å². The number of anilines is 1. The molecule has 4 aromatic rings. The van der Waals surface area contributed by atoms with Gasteiger partial charge in [-0.3, -0.25) is 24.2 Å². The molecule has 9 N–H and O–H groups in total. The molecule has 4 amide bonds. The van der Waals surface area contributed by atoms with Crippen molar-refractivity contribution in [3.8, 4) is 0 Å². The number of amides is 4. The second-order valence-electron chi connectivity index (χ2n) is 12.2. The van der Waals surface area contributed by atoms with Gasteiger partial charge >= 0.3 is 6.18 Å². The zero-order chi connectivity index (χ0) is 38.4. The SMILES string of the molecule is NCCN(CCN)C(=O)CC(NC(=O)C(N)COCc1ccccc1)C(=O)NC(Cc1ccc(C(F)(F)F)cc1)C(=O)Nc1cnc2ccccc2c1. The summed E-state index contributed by atoms with van der Waals surface area (Å²) in [5.41, 5.74) is 18.6. The molecule has 1 heterocycles. The highest BCUT2D eigenvalue weighted by Crippen LogP contribution is 2.29. The van der Waals surface area contributed by atoms with E-state index in [1.807, 2.05) is 30.3 Å². The molecule has 0 aliphatic rings. The Morgan fingerprint density at radius 3 is 2.09 bits per heavy atom. The van der Waals surface area contributed by atoms with Crippen LogP contribution in [0.25, 0.3) is 10.9 Å². The van der Waals surface area contributed by atoms with E-state index in [0.29, 0.717) is 16.8 Å². The maximum atomic E-state index is 13.9. The van der Waals surface area contributed by atoms with Crippen LogP contribution in [0.2, 0.25) is 0 Å². The first-order chi connectivity index (χ1) is 25.4. The summed E-state index contributed by atoms with van der Waals surface area (Å²) >= 11 is 0. The van der Waals surface area contributed by atoms with Crippen molar-refractivity contribution < 1.29 is 37.1 Å². The van der Waals surface area contributed by atoms with Crippen molar-refractivity contribution in [2.45, 2.75) is 43.8 Å². The van der Waals surface area contributed by atoms with Gasteiger partial charge in [-0.05, 0) is 35.4 Å². The first-order valence-corrected chi connectivity index (χ1v) is 16.9. The minimum absolute atomic E-state index is 0.109. The molecule has 4 rings (SSSR count). The van der Waals surface area contributed by atoms with Gasteiger partial charge in [-0.2, -0.15) is 13.2 Å². The van der Waals surface area contributed by atoms with Gasteiger partial charge in [-0.1, -0.05) is 60.7 Å². The highest BCUT2D eigenvalue weighted by molar-refractivity contribution is 6.00. The number of pyridine rings is 1. The Balaban J connectivity index is 1.57. The third-order valence-corrected chi connectivity index (χ3v) is 8.12. The van der Waals surface area contributed by atoms with Crippen LogP contribution in [-0.2, 0) is 43.1 Å². The molecule has 53 heavy (non-hydrogen) atoms. The van der Waals surface area contributed by atoms with E-state index in [0.717, 1.165) is 23.1 Å². The van der Waals surface area contributed by atoms with Crippen molar-refractivity contribution in [3.05, 3.63) is 108 Å². The predicted octanol–water partition coefficient (Wildman–Crippen LogP) is 2.08. The number of alkyl halides is 3. The summed E-state index contributed by atoms with van der Waals surface area (Å²) in [5, 5.41) is 8.51. The minimum atomic E-state index is -4.58. The van der Waals surface area contributed by atoms with Crippen LogP contribution in [0.4, 0.5) is 18.9 Å². The van der Waals surface area contributed by atoms with Crippen molar-refractivity contribution in [2.24, 2.45) is 17.2 Å². The molecule has 0 aliphatic carbocycles. The number of hydrogen-bond donors (Lipinski definition) is 6. The van der Waals surface area contributed by atoms with Crippen molar-refractivity contribution in [1.29, 1.82) is 0 Å². The molecule has 282 valence electrons. The average Bonchev–Trinajstić information content (AvgIpc) is 3.14. The normalized spacial score (nSPS) is 13.1. The van der Waals surface area contributed by atoms with E-state index in [1.165, 1.54) is 23.2 Å². The van der Waals surface area contributed by atoms with E-state index < -0.39 is 59.9 Å². The Hall–Kier alpha value is -5.42. The van der Waals surface area contributed by atoms with Gasteiger partial charge < -0.3 is 42.8 Å². The summed E-state index contributed by atoms with van der Waals surface area (Å²) in [5.74, 6) is -3.01. The largest absolute Gasteiger partial charge is 0.416 e. The number of fused-ring (bicyclic) bond motifs is 1. The Morgan fingerprint density at radius 1 is 0.792 bits per heavy atom. The van der Waals surface area contributed by atoms with Gasteiger partial charge in [-0.15, -0.1) is 0 Å².